The van der Waals surface area contributed by atoms with Crippen LogP contribution in [0.5, 0.6) is 0 Å². The average Bonchev–Trinajstić information content (AvgIpc) is 2.82. The molecule has 2 N–H and O–H groups in total. The molecule has 1 aromatic heterocycles. The molecule has 0 radical (unpaired) electrons. The number of nitrogens with one attached hydrogen (secondary N) is 2. The lowest BCUT2D eigenvalue weighted by atomic mass is 10.1. The maximum Gasteiger partial charge on any atom is 0.137 e. The Morgan fingerprint density at radius 3 is 3.00 bits per heavy atom. The lowest BCUT2D eigenvalue weighted by Crippen LogP contribution is -2.18. The summed E-state index contributed by atoms with van der Waals surface area (Å²) in [6.45, 7) is 2.69. The fourth-order valence-electron chi connectivity index (χ4n) is 1.54. The average molecular weight is 298 g/mol. The van der Waals surface area contributed by atoms with E-state index in [0.29, 0.717) is 11.0 Å². The lowest BCUT2D eigenvalue weighted by molar-refractivity contribution is 0.558. The van der Waals surface area contributed by atoms with Crippen LogP contribution in [0.15, 0.2) is 35.1 Å². The van der Waals surface area contributed by atoms with Crippen LogP contribution < -0.4 is 5.32 Å². The van der Waals surface area contributed by atoms with Gasteiger partial charge in [-0.1, -0.05) is 6.07 Å². The summed E-state index contributed by atoms with van der Waals surface area (Å²) in [6, 6.07) is 5.16. The molecule has 2 rings (SSSR count). The molecule has 0 fully saturated rings. The summed E-state index contributed by atoms with van der Waals surface area (Å²) in [6.07, 6.45) is 3.51. The summed E-state index contributed by atoms with van der Waals surface area (Å²) in [4.78, 5) is 7.15. The van der Waals surface area contributed by atoms with E-state index in [1.807, 2.05) is 6.92 Å². The minimum Gasteiger partial charge on any atom is -0.348 e. The summed E-state index contributed by atoms with van der Waals surface area (Å²) in [7, 11) is 0. The monoisotopic (exact) mass is 297 g/mol. The van der Waals surface area contributed by atoms with Crippen molar-refractivity contribution in [1.29, 1.82) is 0 Å². The molecule has 90 valence electrons. The van der Waals surface area contributed by atoms with Crippen LogP contribution in [0.4, 0.5) is 4.39 Å². The van der Waals surface area contributed by atoms with Crippen molar-refractivity contribution in [2.24, 2.45) is 0 Å². The number of hydrogen-bond donors (Lipinski definition) is 2. The molecule has 5 heteroatoms. The van der Waals surface area contributed by atoms with Gasteiger partial charge in [-0.25, -0.2) is 9.37 Å². The Bertz CT molecular complexity index is 485. The van der Waals surface area contributed by atoms with Gasteiger partial charge in [0.05, 0.1) is 11.0 Å². The van der Waals surface area contributed by atoms with Gasteiger partial charge in [-0.3, -0.25) is 0 Å². The van der Waals surface area contributed by atoms with Crippen LogP contribution in [0.2, 0.25) is 0 Å². The minimum absolute atomic E-state index is 0.136. The van der Waals surface area contributed by atoms with Crippen LogP contribution in [-0.4, -0.2) is 9.97 Å². The number of aromatic amines is 1. The fourth-order valence-corrected chi connectivity index (χ4v) is 1.94. The van der Waals surface area contributed by atoms with Crippen molar-refractivity contribution in [2.45, 2.75) is 19.5 Å². The molecule has 0 spiro atoms. The van der Waals surface area contributed by atoms with E-state index in [0.717, 1.165) is 11.4 Å². The number of hydrogen-bond acceptors (Lipinski definition) is 2. The first kappa shape index (κ1) is 12.3. The van der Waals surface area contributed by atoms with E-state index in [1.54, 1.807) is 24.5 Å². The highest BCUT2D eigenvalue weighted by Gasteiger charge is 2.08. The first-order valence-electron chi connectivity index (χ1n) is 5.33. The van der Waals surface area contributed by atoms with Gasteiger partial charge in [-0.15, -0.1) is 0 Å². The smallest absolute Gasteiger partial charge is 0.137 e. The van der Waals surface area contributed by atoms with E-state index in [4.69, 9.17) is 0 Å². The second kappa shape index (κ2) is 5.42. The van der Waals surface area contributed by atoms with Crippen LogP contribution in [0.25, 0.3) is 0 Å². The molecule has 1 unspecified atom stereocenters. The molecule has 1 heterocycles. The zero-order chi connectivity index (χ0) is 12.3. The Kier molecular flexibility index (Phi) is 3.91. The van der Waals surface area contributed by atoms with Crippen molar-refractivity contribution >= 4 is 15.9 Å². The molecule has 17 heavy (non-hydrogen) atoms. The SMILES string of the molecule is CC(NCc1ncc[nH]1)c1ccc(F)c(Br)c1. The minimum atomic E-state index is -0.244. The number of aromatic nitrogens is 2. The third kappa shape index (κ3) is 3.14. The highest BCUT2D eigenvalue weighted by molar-refractivity contribution is 9.10. The van der Waals surface area contributed by atoms with Crippen molar-refractivity contribution < 1.29 is 4.39 Å². The van der Waals surface area contributed by atoms with E-state index < -0.39 is 0 Å². The molecular formula is C12H13BrFN3. The van der Waals surface area contributed by atoms with Gasteiger partial charge in [-0.2, -0.15) is 0 Å². The van der Waals surface area contributed by atoms with Gasteiger partial charge in [0.2, 0.25) is 0 Å². The summed E-state index contributed by atoms with van der Waals surface area (Å²) >= 11 is 3.18. The van der Waals surface area contributed by atoms with Gasteiger partial charge in [0.25, 0.3) is 0 Å². The first-order valence-corrected chi connectivity index (χ1v) is 6.12. The molecular weight excluding hydrogens is 285 g/mol. The summed E-state index contributed by atoms with van der Waals surface area (Å²) in [5.41, 5.74) is 1.03. The van der Waals surface area contributed by atoms with E-state index in [9.17, 15) is 4.39 Å². The van der Waals surface area contributed by atoms with Gasteiger partial charge >= 0.3 is 0 Å². The molecule has 2 aromatic rings. The maximum atomic E-state index is 13.1. The normalized spacial score (nSPS) is 12.6. The Hall–Kier alpha value is -1.20. The van der Waals surface area contributed by atoms with Gasteiger partial charge < -0.3 is 10.3 Å². The van der Waals surface area contributed by atoms with E-state index in [-0.39, 0.29) is 11.9 Å². The summed E-state index contributed by atoms with van der Waals surface area (Å²) in [5, 5.41) is 3.31. The molecule has 0 amide bonds. The third-order valence-corrected chi connectivity index (χ3v) is 3.18. The molecule has 0 saturated carbocycles. The predicted octanol–water partition coefficient (Wildman–Crippen LogP) is 3.16. The quantitative estimate of drug-likeness (QED) is 0.910. The Balaban J connectivity index is 1.99. The number of imidazole rings is 1. The number of H-pyrrole nitrogens is 1. The molecule has 0 aliphatic heterocycles. The molecule has 0 bridgehead atoms. The Labute approximate surface area is 108 Å². The number of nitrogens with zero attached hydrogens (tertiary/aromatic N) is 1. The molecule has 1 atom stereocenters. The second-order valence-corrected chi connectivity index (χ2v) is 4.67. The van der Waals surface area contributed by atoms with Crippen molar-refractivity contribution in [3.05, 3.63) is 52.3 Å². The first-order chi connectivity index (χ1) is 8.16. The van der Waals surface area contributed by atoms with Crippen LogP contribution in [0.1, 0.15) is 24.4 Å². The van der Waals surface area contributed by atoms with Crippen LogP contribution in [0, 0.1) is 5.82 Å². The molecule has 0 saturated heterocycles. The van der Waals surface area contributed by atoms with Crippen molar-refractivity contribution in [3.63, 3.8) is 0 Å². The van der Waals surface area contributed by atoms with Gasteiger partial charge in [0.15, 0.2) is 0 Å². The predicted molar refractivity (Wildman–Crippen MR) is 67.9 cm³/mol. The largest absolute Gasteiger partial charge is 0.348 e. The number of rotatable bonds is 4. The topological polar surface area (TPSA) is 40.7 Å². The van der Waals surface area contributed by atoms with Crippen molar-refractivity contribution in [1.82, 2.24) is 15.3 Å². The van der Waals surface area contributed by atoms with Crippen LogP contribution in [0.3, 0.4) is 0 Å². The standard InChI is InChI=1S/C12H13BrFN3/c1-8(17-7-12-15-4-5-16-12)9-2-3-11(14)10(13)6-9/h2-6,8,17H,7H2,1H3,(H,15,16). The lowest BCUT2D eigenvalue weighted by Gasteiger charge is -2.13. The molecule has 0 aliphatic carbocycles. The molecule has 3 nitrogen and oxygen atoms in total. The molecule has 0 aliphatic rings. The highest BCUT2D eigenvalue weighted by atomic mass is 79.9. The third-order valence-electron chi connectivity index (χ3n) is 2.57. The number of halogens is 2. The Morgan fingerprint density at radius 1 is 1.53 bits per heavy atom. The summed E-state index contributed by atoms with van der Waals surface area (Å²) < 4.78 is 13.6. The fraction of sp³-hybridized carbons (Fsp3) is 0.250. The van der Waals surface area contributed by atoms with Gasteiger partial charge in [-0.05, 0) is 40.5 Å². The number of benzene rings is 1. The zero-order valence-electron chi connectivity index (χ0n) is 9.37. The van der Waals surface area contributed by atoms with E-state index in [2.05, 4.69) is 31.2 Å². The van der Waals surface area contributed by atoms with E-state index in [1.165, 1.54) is 6.07 Å². The van der Waals surface area contributed by atoms with E-state index >= 15 is 0 Å². The zero-order valence-corrected chi connectivity index (χ0v) is 11.0. The van der Waals surface area contributed by atoms with Crippen molar-refractivity contribution in [3.8, 4) is 0 Å². The van der Waals surface area contributed by atoms with Crippen LogP contribution >= 0.6 is 15.9 Å². The van der Waals surface area contributed by atoms with Gasteiger partial charge in [0.1, 0.15) is 11.6 Å². The summed E-state index contributed by atoms with van der Waals surface area (Å²) in [5.74, 6) is 0.644. The molecule has 1 aromatic carbocycles. The van der Waals surface area contributed by atoms with Gasteiger partial charge in [0, 0.05) is 18.4 Å². The van der Waals surface area contributed by atoms with Crippen molar-refractivity contribution in [2.75, 3.05) is 0 Å². The van der Waals surface area contributed by atoms with Crippen LogP contribution in [-0.2, 0) is 6.54 Å². The second-order valence-electron chi connectivity index (χ2n) is 3.81. The maximum absolute atomic E-state index is 13.1. The Morgan fingerprint density at radius 2 is 2.35 bits per heavy atom. The highest BCUT2D eigenvalue weighted by Crippen LogP contribution is 2.21.